The lowest BCUT2D eigenvalue weighted by Crippen LogP contribution is -2.28. The highest BCUT2D eigenvalue weighted by molar-refractivity contribution is 5.94. The molecule has 5 heteroatoms. The topological polar surface area (TPSA) is 66.5 Å². The molecule has 0 atom stereocenters. The number of carbonyl (C=O) groups is 3. The molecule has 0 heterocycles. The van der Waals surface area contributed by atoms with E-state index in [9.17, 15) is 14.4 Å². The zero-order valence-electron chi connectivity index (χ0n) is 10.4. The molecule has 0 radical (unpaired) electrons. The second kappa shape index (κ2) is 9.57. The lowest BCUT2D eigenvalue weighted by Gasteiger charge is -2.12. The van der Waals surface area contributed by atoms with Gasteiger partial charge in [-0.2, -0.15) is 0 Å². The van der Waals surface area contributed by atoms with Crippen molar-refractivity contribution >= 4 is 18.2 Å². The van der Waals surface area contributed by atoms with Crippen LogP contribution in [0, 0.1) is 0 Å². The Bertz CT molecular complexity index is 287. The fourth-order valence-electron chi connectivity index (χ4n) is 1.32. The van der Waals surface area contributed by atoms with Crippen molar-refractivity contribution in [2.24, 2.45) is 0 Å². The third-order valence-electron chi connectivity index (χ3n) is 2.30. The Kier molecular flexibility index (Phi) is 8.64. The molecule has 0 aliphatic heterocycles. The predicted molar refractivity (Wildman–Crippen MR) is 65.1 cm³/mol. The van der Waals surface area contributed by atoms with E-state index < -0.39 is 0 Å². The summed E-state index contributed by atoms with van der Waals surface area (Å²) in [6.45, 7) is 2.13. The lowest BCUT2D eigenvalue weighted by atomic mass is 10.2. The standard InChI is InChI=1S/C12H20N2O3/c1-3-7-12(17)14(10-15)9-6-4-5-8-11(16)13-2/h3,7,10H,4-6,8-9H2,1-2H3,(H,13,16)/b7-3-. The number of nitrogens with one attached hydrogen (secondary N) is 1. The van der Waals surface area contributed by atoms with Gasteiger partial charge in [0.05, 0.1) is 0 Å². The van der Waals surface area contributed by atoms with Crippen LogP contribution < -0.4 is 5.32 Å². The zero-order valence-corrected chi connectivity index (χ0v) is 10.4. The fourth-order valence-corrected chi connectivity index (χ4v) is 1.32. The van der Waals surface area contributed by atoms with Crippen LogP contribution in [-0.2, 0) is 14.4 Å². The summed E-state index contributed by atoms with van der Waals surface area (Å²) in [5.74, 6) is -0.281. The summed E-state index contributed by atoms with van der Waals surface area (Å²) in [5, 5.41) is 2.54. The Hall–Kier alpha value is -1.65. The maximum Gasteiger partial charge on any atom is 0.252 e. The summed E-state index contributed by atoms with van der Waals surface area (Å²) in [6.07, 6.45) is 6.30. The van der Waals surface area contributed by atoms with Gasteiger partial charge in [-0.1, -0.05) is 12.5 Å². The molecule has 0 aromatic heterocycles. The SMILES string of the molecule is C/C=C\C(=O)N(C=O)CCCCCC(=O)NC. The van der Waals surface area contributed by atoms with Crippen LogP contribution >= 0.6 is 0 Å². The van der Waals surface area contributed by atoms with E-state index in [0.717, 1.165) is 24.2 Å². The third kappa shape index (κ3) is 7.27. The first-order chi connectivity index (χ1) is 8.15. The highest BCUT2D eigenvalue weighted by Crippen LogP contribution is 2.01. The molecule has 0 rings (SSSR count). The second-order valence-electron chi connectivity index (χ2n) is 3.62. The van der Waals surface area contributed by atoms with Gasteiger partial charge in [-0.05, 0) is 25.8 Å². The first-order valence-corrected chi connectivity index (χ1v) is 5.74. The molecule has 1 N–H and O–H groups in total. The van der Waals surface area contributed by atoms with Crippen molar-refractivity contribution in [3.8, 4) is 0 Å². The molecule has 0 aliphatic carbocycles. The van der Waals surface area contributed by atoms with Gasteiger partial charge in [0.2, 0.25) is 12.3 Å². The third-order valence-corrected chi connectivity index (χ3v) is 2.30. The highest BCUT2D eigenvalue weighted by Gasteiger charge is 2.08. The van der Waals surface area contributed by atoms with Gasteiger partial charge in [0.1, 0.15) is 0 Å². The number of rotatable bonds is 8. The average Bonchev–Trinajstić information content (AvgIpc) is 2.33. The van der Waals surface area contributed by atoms with Crippen molar-refractivity contribution in [2.75, 3.05) is 13.6 Å². The van der Waals surface area contributed by atoms with Gasteiger partial charge in [0.25, 0.3) is 5.91 Å². The van der Waals surface area contributed by atoms with Crippen LogP contribution in [0.2, 0.25) is 0 Å². The summed E-state index contributed by atoms with van der Waals surface area (Å²) in [7, 11) is 1.60. The number of hydrogen-bond acceptors (Lipinski definition) is 3. The number of hydrogen-bond donors (Lipinski definition) is 1. The Morgan fingerprint density at radius 1 is 1.24 bits per heavy atom. The molecule has 0 spiro atoms. The largest absolute Gasteiger partial charge is 0.359 e. The highest BCUT2D eigenvalue weighted by atomic mass is 16.2. The van der Waals surface area contributed by atoms with Gasteiger partial charge < -0.3 is 5.32 Å². The lowest BCUT2D eigenvalue weighted by molar-refractivity contribution is -0.134. The van der Waals surface area contributed by atoms with Gasteiger partial charge in [-0.15, -0.1) is 0 Å². The summed E-state index contributed by atoms with van der Waals surface area (Å²) in [4.78, 5) is 34.0. The van der Waals surface area contributed by atoms with Crippen LogP contribution in [0.4, 0.5) is 0 Å². The molecule has 17 heavy (non-hydrogen) atoms. The van der Waals surface area contributed by atoms with Crippen molar-refractivity contribution in [1.29, 1.82) is 0 Å². The van der Waals surface area contributed by atoms with Crippen LogP contribution in [0.5, 0.6) is 0 Å². The number of carbonyl (C=O) groups excluding carboxylic acids is 3. The molecule has 96 valence electrons. The van der Waals surface area contributed by atoms with E-state index in [0.29, 0.717) is 19.4 Å². The van der Waals surface area contributed by atoms with Crippen molar-refractivity contribution in [2.45, 2.75) is 32.6 Å². The fraction of sp³-hybridized carbons (Fsp3) is 0.583. The van der Waals surface area contributed by atoms with Gasteiger partial charge in [0.15, 0.2) is 0 Å². The van der Waals surface area contributed by atoms with Gasteiger partial charge in [-0.25, -0.2) is 0 Å². The predicted octanol–water partition coefficient (Wildman–Crippen LogP) is 0.854. The number of allylic oxidation sites excluding steroid dienone is 1. The average molecular weight is 240 g/mol. The summed E-state index contributed by atoms with van der Waals surface area (Å²) in [6, 6.07) is 0. The molecular formula is C12H20N2O3. The molecule has 0 aromatic carbocycles. The van der Waals surface area contributed by atoms with Crippen LogP contribution in [-0.4, -0.2) is 36.7 Å². The second-order valence-corrected chi connectivity index (χ2v) is 3.62. The van der Waals surface area contributed by atoms with Crippen LogP contribution in [0.15, 0.2) is 12.2 Å². The summed E-state index contributed by atoms with van der Waals surface area (Å²) < 4.78 is 0. The molecule has 0 saturated carbocycles. The first kappa shape index (κ1) is 15.3. The van der Waals surface area contributed by atoms with E-state index in [1.165, 1.54) is 6.08 Å². The molecule has 0 aromatic rings. The van der Waals surface area contributed by atoms with Crippen molar-refractivity contribution in [3.05, 3.63) is 12.2 Å². The Balaban J connectivity index is 3.74. The van der Waals surface area contributed by atoms with E-state index in [-0.39, 0.29) is 11.8 Å². The van der Waals surface area contributed by atoms with Crippen molar-refractivity contribution in [3.63, 3.8) is 0 Å². The number of unbranched alkanes of at least 4 members (excludes halogenated alkanes) is 2. The van der Waals surface area contributed by atoms with Gasteiger partial charge in [0, 0.05) is 20.0 Å². The van der Waals surface area contributed by atoms with E-state index in [1.807, 2.05) is 0 Å². The molecule has 5 nitrogen and oxygen atoms in total. The molecule has 0 aliphatic rings. The molecular weight excluding hydrogens is 220 g/mol. The Morgan fingerprint density at radius 2 is 1.94 bits per heavy atom. The quantitative estimate of drug-likeness (QED) is 0.388. The van der Waals surface area contributed by atoms with E-state index >= 15 is 0 Å². The molecule has 0 bridgehead atoms. The van der Waals surface area contributed by atoms with Gasteiger partial charge in [-0.3, -0.25) is 19.3 Å². The van der Waals surface area contributed by atoms with Gasteiger partial charge >= 0.3 is 0 Å². The number of nitrogens with zero attached hydrogens (tertiary/aromatic N) is 1. The minimum atomic E-state index is -0.297. The summed E-state index contributed by atoms with van der Waals surface area (Å²) in [5.41, 5.74) is 0. The van der Waals surface area contributed by atoms with E-state index in [2.05, 4.69) is 5.32 Å². The van der Waals surface area contributed by atoms with Crippen LogP contribution in [0.1, 0.15) is 32.6 Å². The van der Waals surface area contributed by atoms with E-state index in [1.54, 1.807) is 20.0 Å². The monoisotopic (exact) mass is 240 g/mol. The van der Waals surface area contributed by atoms with Crippen LogP contribution in [0.3, 0.4) is 0 Å². The molecule has 3 amide bonds. The maximum absolute atomic E-state index is 11.3. The van der Waals surface area contributed by atoms with Crippen molar-refractivity contribution in [1.82, 2.24) is 10.2 Å². The summed E-state index contributed by atoms with van der Waals surface area (Å²) >= 11 is 0. The zero-order chi connectivity index (χ0) is 13.1. The molecule has 0 fully saturated rings. The van der Waals surface area contributed by atoms with Crippen molar-refractivity contribution < 1.29 is 14.4 Å². The normalized spacial score (nSPS) is 10.2. The first-order valence-electron chi connectivity index (χ1n) is 5.74. The Morgan fingerprint density at radius 3 is 2.47 bits per heavy atom. The Labute approximate surface area is 102 Å². The number of amides is 3. The van der Waals surface area contributed by atoms with Crippen LogP contribution in [0.25, 0.3) is 0 Å². The van der Waals surface area contributed by atoms with E-state index in [4.69, 9.17) is 0 Å². The molecule has 0 saturated heterocycles. The minimum Gasteiger partial charge on any atom is -0.359 e. The number of imide groups is 1. The smallest absolute Gasteiger partial charge is 0.252 e. The molecule has 0 unspecified atom stereocenters. The minimum absolute atomic E-state index is 0.0160. The maximum atomic E-state index is 11.3.